The molecule has 2 rings (SSSR count). The number of aromatic nitrogens is 1. The van der Waals surface area contributed by atoms with Crippen LogP contribution in [0.25, 0.3) is 0 Å². The molecule has 1 aromatic heterocycles. The molecule has 0 aliphatic rings. The Labute approximate surface area is 105 Å². The monoisotopic (exact) mass is 248 g/mol. The van der Waals surface area contributed by atoms with Gasteiger partial charge in [0.1, 0.15) is 11.6 Å². The molecule has 0 bridgehead atoms. The Morgan fingerprint density at radius 2 is 1.89 bits per heavy atom. The van der Waals surface area contributed by atoms with Crippen molar-refractivity contribution in [3.8, 4) is 0 Å². The van der Waals surface area contributed by atoms with Gasteiger partial charge in [-0.2, -0.15) is 0 Å². The van der Waals surface area contributed by atoms with Crippen LogP contribution in [0.1, 0.15) is 24.1 Å². The van der Waals surface area contributed by atoms with Crippen LogP contribution in [0.2, 0.25) is 0 Å². The predicted molar refractivity (Wildman–Crippen MR) is 65.8 cm³/mol. The van der Waals surface area contributed by atoms with Crippen LogP contribution < -0.4 is 5.32 Å². The van der Waals surface area contributed by atoms with Gasteiger partial charge < -0.3 is 5.32 Å². The molecule has 0 aliphatic carbocycles. The number of nitrogens with zero attached hydrogens (tertiary/aromatic N) is 1. The van der Waals surface area contributed by atoms with Crippen molar-refractivity contribution in [1.29, 1.82) is 0 Å². The second kappa shape index (κ2) is 5.69. The molecular weight excluding hydrogens is 234 g/mol. The Balaban J connectivity index is 2.06. The molecule has 0 amide bonds. The van der Waals surface area contributed by atoms with E-state index in [4.69, 9.17) is 0 Å². The molecule has 1 heterocycles. The lowest BCUT2D eigenvalue weighted by atomic mass is 10.1. The Bertz CT molecular complexity index is 494. The van der Waals surface area contributed by atoms with Crippen molar-refractivity contribution in [2.75, 3.05) is 0 Å². The van der Waals surface area contributed by atoms with Crippen LogP contribution >= 0.6 is 0 Å². The van der Waals surface area contributed by atoms with Gasteiger partial charge in [0.15, 0.2) is 0 Å². The van der Waals surface area contributed by atoms with Crippen LogP contribution in [0.3, 0.4) is 0 Å². The molecule has 0 saturated carbocycles. The Morgan fingerprint density at radius 1 is 1.17 bits per heavy atom. The third-order valence-corrected chi connectivity index (χ3v) is 2.77. The zero-order valence-corrected chi connectivity index (χ0v) is 10.0. The normalized spacial score (nSPS) is 12.4. The van der Waals surface area contributed by atoms with Crippen molar-refractivity contribution in [1.82, 2.24) is 10.3 Å². The first-order valence-electron chi connectivity index (χ1n) is 5.74. The van der Waals surface area contributed by atoms with Crippen molar-refractivity contribution in [2.45, 2.75) is 19.5 Å². The third kappa shape index (κ3) is 2.90. The molecule has 0 fully saturated rings. The fourth-order valence-corrected chi connectivity index (χ4v) is 1.80. The lowest BCUT2D eigenvalue weighted by Crippen LogP contribution is -2.20. The number of hydrogen-bond acceptors (Lipinski definition) is 2. The Morgan fingerprint density at radius 3 is 2.50 bits per heavy atom. The van der Waals surface area contributed by atoms with Gasteiger partial charge >= 0.3 is 0 Å². The van der Waals surface area contributed by atoms with E-state index in [1.807, 2.05) is 12.1 Å². The molecule has 1 atom stereocenters. The zero-order valence-electron chi connectivity index (χ0n) is 10.0. The van der Waals surface area contributed by atoms with Crippen molar-refractivity contribution in [3.05, 3.63) is 65.5 Å². The summed E-state index contributed by atoms with van der Waals surface area (Å²) in [7, 11) is 0. The minimum absolute atomic E-state index is 0.0707. The van der Waals surface area contributed by atoms with Crippen LogP contribution in [0.15, 0.2) is 42.7 Å². The van der Waals surface area contributed by atoms with Crippen molar-refractivity contribution in [3.63, 3.8) is 0 Å². The molecule has 0 aliphatic heterocycles. The van der Waals surface area contributed by atoms with E-state index < -0.39 is 17.7 Å². The van der Waals surface area contributed by atoms with Crippen LogP contribution in [0.5, 0.6) is 0 Å². The molecule has 0 radical (unpaired) electrons. The first-order chi connectivity index (χ1) is 8.68. The van der Waals surface area contributed by atoms with E-state index in [1.54, 1.807) is 19.3 Å². The minimum atomic E-state index is -0.527. The molecular formula is C14H14F2N2. The maximum atomic E-state index is 13.5. The largest absolute Gasteiger partial charge is 0.306 e. The highest BCUT2D eigenvalue weighted by molar-refractivity contribution is 5.23. The smallest absolute Gasteiger partial charge is 0.130 e. The molecule has 94 valence electrons. The van der Waals surface area contributed by atoms with Gasteiger partial charge in [-0.05, 0) is 30.7 Å². The van der Waals surface area contributed by atoms with Gasteiger partial charge in [-0.15, -0.1) is 0 Å². The van der Waals surface area contributed by atoms with E-state index in [2.05, 4.69) is 10.3 Å². The third-order valence-electron chi connectivity index (χ3n) is 2.77. The maximum absolute atomic E-state index is 13.5. The number of rotatable bonds is 4. The summed E-state index contributed by atoms with van der Waals surface area (Å²) in [5.41, 5.74) is 1.04. The Hall–Kier alpha value is -1.81. The molecule has 0 spiro atoms. The minimum Gasteiger partial charge on any atom is -0.306 e. The van der Waals surface area contributed by atoms with Crippen LogP contribution in [-0.2, 0) is 6.54 Å². The average molecular weight is 248 g/mol. The van der Waals surface area contributed by atoms with E-state index in [0.29, 0.717) is 6.54 Å². The Kier molecular flexibility index (Phi) is 3.99. The van der Waals surface area contributed by atoms with E-state index in [0.717, 1.165) is 5.56 Å². The summed E-state index contributed by atoms with van der Waals surface area (Å²) in [6.45, 7) is 2.25. The summed E-state index contributed by atoms with van der Waals surface area (Å²) >= 11 is 0. The van der Waals surface area contributed by atoms with Crippen molar-refractivity contribution in [2.24, 2.45) is 0 Å². The van der Waals surface area contributed by atoms with Crippen LogP contribution in [-0.4, -0.2) is 4.98 Å². The topological polar surface area (TPSA) is 24.9 Å². The van der Waals surface area contributed by atoms with E-state index >= 15 is 0 Å². The number of pyridine rings is 1. The second-order valence-corrected chi connectivity index (χ2v) is 4.10. The van der Waals surface area contributed by atoms with Gasteiger partial charge in [-0.3, -0.25) is 4.98 Å². The van der Waals surface area contributed by atoms with E-state index in [9.17, 15) is 8.78 Å². The summed E-state index contributed by atoms with van der Waals surface area (Å²) in [6.07, 6.45) is 3.40. The van der Waals surface area contributed by atoms with Crippen molar-refractivity contribution >= 4 is 0 Å². The summed E-state index contributed by atoms with van der Waals surface area (Å²) in [5, 5.41) is 3.08. The fraction of sp³-hybridized carbons (Fsp3) is 0.214. The molecule has 18 heavy (non-hydrogen) atoms. The average Bonchev–Trinajstić information content (AvgIpc) is 2.37. The highest BCUT2D eigenvalue weighted by Crippen LogP contribution is 2.20. The zero-order chi connectivity index (χ0) is 13.0. The molecule has 4 heteroatoms. The van der Waals surface area contributed by atoms with Crippen LogP contribution in [0, 0.1) is 11.6 Å². The van der Waals surface area contributed by atoms with E-state index in [1.165, 1.54) is 18.2 Å². The SMILES string of the molecule is CC(NCc1cccnc1)c1c(F)cccc1F. The van der Waals surface area contributed by atoms with Gasteiger partial charge in [0.25, 0.3) is 0 Å². The second-order valence-electron chi connectivity index (χ2n) is 4.10. The predicted octanol–water partition coefficient (Wildman–Crippen LogP) is 3.21. The maximum Gasteiger partial charge on any atom is 0.130 e. The number of nitrogens with one attached hydrogen (secondary N) is 1. The van der Waals surface area contributed by atoms with Gasteiger partial charge in [0.2, 0.25) is 0 Å². The molecule has 1 N–H and O–H groups in total. The summed E-state index contributed by atoms with van der Waals surface area (Å²) in [4.78, 5) is 3.98. The van der Waals surface area contributed by atoms with Gasteiger partial charge in [-0.1, -0.05) is 12.1 Å². The van der Waals surface area contributed by atoms with E-state index in [-0.39, 0.29) is 5.56 Å². The first-order valence-corrected chi connectivity index (χ1v) is 5.74. The summed E-state index contributed by atoms with van der Waals surface area (Å²) in [6, 6.07) is 7.23. The molecule has 2 aromatic rings. The highest BCUT2D eigenvalue weighted by Gasteiger charge is 2.15. The standard InChI is InChI=1S/C14H14F2N2/c1-10(14-12(15)5-2-6-13(14)16)18-9-11-4-3-7-17-8-11/h2-8,10,18H,9H2,1H3. The number of halogens is 2. The lowest BCUT2D eigenvalue weighted by Gasteiger charge is -2.15. The molecule has 1 unspecified atom stereocenters. The first kappa shape index (κ1) is 12.6. The quantitative estimate of drug-likeness (QED) is 0.898. The van der Waals surface area contributed by atoms with Gasteiger partial charge in [0, 0.05) is 30.5 Å². The number of benzene rings is 1. The van der Waals surface area contributed by atoms with Gasteiger partial charge in [0.05, 0.1) is 0 Å². The van der Waals surface area contributed by atoms with Gasteiger partial charge in [-0.25, -0.2) is 8.78 Å². The highest BCUT2D eigenvalue weighted by atomic mass is 19.1. The number of hydrogen-bond donors (Lipinski definition) is 1. The fourth-order valence-electron chi connectivity index (χ4n) is 1.80. The van der Waals surface area contributed by atoms with Crippen molar-refractivity contribution < 1.29 is 8.78 Å². The molecule has 0 saturated heterocycles. The summed E-state index contributed by atoms with van der Waals surface area (Å²) in [5.74, 6) is -1.05. The van der Waals surface area contributed by atoms with Crippen LogP contribution in [0.4, 0.5) is 8.78 Å². The summed E-state index contributed by atoms with van der Waals surface area (Å²) < 4.78 is 27.1. The molecule has 2 nitrogen and oxygen atoms in total. The molecule has 1 aromatic carbocycles. The lowest BCUT2D eigenvalue weighted by molar-refractivity contribution is 0.487.